The highest BCUT2D eigenvalue weighted by Crippen LogP contribution is 2.32. The topological polar surface area (TPSA) is 90.8 Å². The van der Waals surface area contributed by atoms with Gasteiger partial charge >= 0.3 is 0 Å². The summed E-state index contributed by atoms with van der Waals surface area (Å²) in [6.45, 7) is 5.34. The van der Waals surface area contributed by atoms with Gasteiger partial charge in [-0.25, -0.2) is 14.6 Å². The Labute approximate surface area is 198 Å². The summed E-state index contributed by atoms with van der Waals surface area (Å²) in [5, 5.41) is 7.93. The molecule has 0 radical (unpaired) electrons. The number of pyridine rings is 1. The van der Waals surface area contributed by atoms with Crippen LogP contribution in [-0.2, 0) is 13.2 Å². The first-order valence-electron chi connectivity index (χ1n) is 11.7. The molecule has 0 atom stereocenters. The fraction of sp³-hybridized carbons (Fsp3) is 0.280. The van der Waals surface area contributed by atoms with Crippen molar-refractivity contribution in [1.29, 1.82) is 0 Å². The second-order valence-corrected chi connectivity index (χ2v) is 8.66. The zero-order valence-electron chi connectivity index (χ0n) is 19.1. The lowest BCUT2D eigenvalue weighted by Crippen LogP contribution is -2.26. The summed E-state index contributed by atoms with van der Waals surface area (Å²) >= 11 is 0. The number of para-hydroxylation sites is 2. The SMILES string of the molecule is Cc1cccc(-c2[nH]c(CNc3ccccc3N3CCCC3)nc2N2C=Cc3ncnn3C2)n1. The number of anilines is 3. The number of aromatic nitrogens is 6. The molecule has 0 aliphatic carbocycles. The number of benzene rings is 1. The van der Waals surface area contributed by atoms with E-state index >= 15 is 0 Å². The van der Waals surface area contributed by atoms with Gasteiger partial charge in [0.1, 0.15) is 24.5 Å². The summed E-state index contributed by atoms with van der Waals surface area (Å²) in [5.41, 5.74) is 5.10. The molecule has 3 aromatic heterocycles. The van der Waals surface area contributed by atoms with Crippen molar-refractivity contribution < 1.29 is 0 Å². The molecule has 172 valence electrons. The third-order valence-electron chi connectivity index (χ3n) is 6.28. The second-order valence-electron chi connectivity index (χ2n) is 8.66. The molecule has 0 spiro atoms. The van der Waals surface area contributed by atoms with Crippen LogP contribution in [0.2, 0.25) is 0 Å². The Hall–Kier alpha value is -4.14. The van der Waals surface area contributed by atoms with E-state index in [4.69, 9.17) is 9.97 Å². The van der Waals surface area contributed by atoms with E-state index in [-0.39, 0.29) is 0 Å². The van der Waals surface area contributed by atoms with Gasteiger partial charge in [-0.05, 0) is 50.1 Å². The van der Waals surface area contributed by atoms with Crippen molar-refractivity contribution in [2.75, 3.05) is 28.2 Å². The van der Waals surface area contributed by atoms with Crippen molar-refractivity contribution in [3.05, 3.63) is 72.3 Å². The molecule has 0 amide bonds. The minimum atomic E-state index is 0.542. The van der Waals surface area contributed by atoms with Gasteiger partial charge in [-0.15, -0.1) is 0 Å². The van der Waals surface area contributed by atoms with E-state index in [1.807, 2.05) is 42.1 Å². The molecular weight excluding hydrogens is 426 g/mol. The van der Waals surface area contributed by atoms with E-state index in [9.17, 15) is 0 Å². The van der Waals surface area contributed by atoms with Crippen LogP contribution in [0.5, 0.6) is 0 Å². The highest BCUT2D eigenvalue weighted by molar-refractivity contribution is 5.73. The predicted molar refractivity (Wildman–Crippen MR) is 133 cm³/mol. The van der Waals surface area contributed by atoms with E-state index in [2.05, 4.69) is 54.4 Å². The van der Waals surface area contributed by atoms with Crippen LogP contribution in [-0.4, -0.2) is 42.8 Å². The van der Waals surface area contributed by atoms with Crippen molar-refractivity contribution in [2.45, 2.75) is 33.0 Å². The Morgan fingerprint density at radius 3 is 2.79 bits per heavy atom. The third kappa shape index (κ3) is 3.89. The van der Waals surface area contributed by atoms with Gasteiger partial charge in [-0.3, -0.25) is 4.98 Å². The monoisotopic (exact) mass is 453 g/mol. The largest absolute Gasteiger partial charge is 0.376 e. The predicted octanol–water partition coefficient (Wildman–Crippen LogP) is 4.03. The van der Waals surface area contributed by atoms with Crippen molar-refractivity contribution in [1.82, 2.24) is 29.7 Å². The molecule has 1 saturated heterocycles. The van der Waals surface area contributed by atoms with E-state index < -0.39 is 0 Å². The summed E-state index contributed by atoms with van der Waals surface area (Å²) < 4.78 is 1.85. The molecular formula is C25H27N9. The van der Waals surface area contributed by atoms with Crippen LogP contribution in [0.3, 0.4) is 0 Å². The van der Waals surface area contributed by atoms with Gasteiger partial charge in [0.05, 0.1) is 23.6 Å². The Bertz CT molecular complexity index is 1330. The van der Waals surface area contributed by atoms with E-state index in [1.54, 1.807) is 6.33 Å². The van der Waals surface area contributed by atoms with Crippen molar-refractivity contribution in [3.63, 3.8) is 0 Å². The first kappa shape index (κ1) is 20.5. The molecule has 5 heterocycles. The number of aromatic amines is 1. The Morgan fingerprint density at radius 2 is 1.91 bits per heavy atom. The molecule has 9 nitrogen and oxygen atoms in total. The van der Waals surface area contributed by atoms with Crippen molar-refractivity contribution in [2.24, 2.45) is 0 Å². The Kier molecular flexibility index (Phi) is 5.21. The molecule has 4 aromatic rings. The number of nitrogens with zero attached hydrogens (tertiary/aromatic N) is 7. The van der Waals surface area contributed by atoms with Crippen LogP contribution in [0.25, 0.3) is 17.5 Å². The van der Waals surface area contributed by atoms with Gasteiger partial charge in [0.2, 0.25) is 0 Å². The maximum atomic E-state index is 4.98. The smallest absolute Gasteiger partial charge is 0.162 e. The Balaban J connectivity index is 1.31. The maximum absolute atomic E-state index is 4.98. The molecule has 2 aliphatic rings. The van der Waals surface area contributed by atoms with Crippen molar-refractivity contribution >= 4 is 23.3 Å². The number of aryl methyl sites for hydroxylation is 1. The number of hydrogen-bond acceptors (Lipinski definition) is 7. The maximum Gasteiger partial charge on any atom is 0.162 e. The number of fused-ring (bicyclic) bond motifs is 1. The average molecular weight is 454 g/mol. The van der Waals surface area contributed by atoms with Gasteiger partial charge in [0.15, 0.2) is 11.6 Å². The van der Waals surface area contributed by atoms with Gasteiger partial charge in [-0.1, -0.05) is 18.2 Å². The molecule has 34 heavy (non-hydrogen) atoms. The zero-order chi connectivity index (χ0) is 22.9. The number of hydrogen-bond donors (Lipinski definition) is 2. The molecule has 2 aliphatic heterocycles. The minimum Gasteiger partial charge on any atom is -0.376 e. The lowest BCUT2D eigenvalue weighted by Gasteiger charge is -2.22. The number of H-pyrrole nitrogens is 1. The van der Waals surface area contributed by atoms with Crippen LogP contribution >= 0.6 is 0 Å². The fourth-order valence-electron chi connectivity index (χ4n) is 4.60. The second kappa shape index (κ2) is 8.66. The summed E-state index contributed by atoms with van der Waals surface area (Å²) in [6, 6.07) is 14.5. The first-order valence-corrected chi connectivity index (χ1v) is 11.7. The molecule has 0 saturated carbocycles. The van der Waals surface area contributed by atoms with Crippen LogP contribution in [0.15, 0.2) is 55.0 Å². The molecule has 0 unspecified atom stereocenters. The number of imidazole rings is 1. The quantitative estimate of drug-likeness (QED) is 0.455. The highest BCUT2D eigenvalue weighted by Gasteiger charge is 2.22. The molecule has 1 fully saturated rings. The number of nitrogens with one attached hydrogen (secondary N) is 2. The standard InChI is InChI=1S/C25H27N9/c1-18-7-6-9-20(29-18)24-25(33-14-11-23-27-16-28-34(23)17-33)31-22(30-24)15-26-19-8-2-3-10-21(19)32-12-4-5-13-32/h2-3,6-11,14,16,26H,4-5,12-13,15,17H2,1H3,(H,30,31). The zero-order valence-corrected chi connectivity index (χ0v) is 19.1. The third-order valence-corrected chi connectivity index (χ3v) is 6.28. The van der Waals surface area contributed by atoms with Crippen molar-refractivity contribution in [3.8, 4) is 11.4 Å². The van der Waals surface area contributed by atoms with Crippen LogP contribution in [0.4, 0.5) is 17.2 Å². The first-order chi connectivity index (χ1) is 16.7. The van der Waals surface area contributed by atoms with Gasteiger partial charge < -0.3 is 20.1 Å². The summed E-state index contributed by atoms with van der Waals surface area (Å²) in [6.07, 6.45) is 8.02. The van der Waals surface area contributed by atoms with Crippen LogP contribution in [0.1, 0.15) is 30.2 Å². The highest BCUT2D eigenvalue weighted by atomic mass is 15.4. The summed E-state index contributed by atoms with van der Waals surface area (Å²) in [7, 11) is 0. The van der Waals surface area contributed by atoms with E-state index in [0.717, 1.165) is 53.3 Å². The van der Waals surface area contributed by atoms with Gasteiger partial charge in [0.25, 0.3) is 0 Å². The summed E-state index contributed by atoms with van der Waals surface area (Å²) in [4.78, 5) is 22.0. The van der Waals surface area contributed by atoms with Gasteiger partial charge in [-0.2, -0.15) is 5.10 Å². The average Bonchev–Trinajstić information content (AvgIpc) is 3.63. The van der Waals surface area contributed by atoms with E-state index in [1.165, 1.54) is 18.5 Å². The lowest BCUT2D eigenvalue weighted by molar-refractivity contribution is 0.600. The molecule has 0 bridgehead atoms. The van der Waals surface area contributed by atoms with Crippen LogP contribution < -0.4 is 15.1 Å². The normalized spacial score (nSPS) is 15.1. The van der Waals surface area contributed by atoms with Crippen LogP contribution in [0, 0.1) is 6.92 Å². The van der Waals surface area contributed by atoms with E-state index in [0.29, 0.717) is 13.2 Å². The number of rotatable bonds is 6. The molecule has 2 N–H and O–H groups in total. The fourth-order valence-corrected chi connectivity index (χ4v) is 4.60. The van der Waals surface area contributed by atoms with Gasteiger partial charge in [0, 0.05) is 25.0 Å². The molecule has 6 rings (SSSR count). The summed E-state index contributed by atoms with van der Waals surface area (Å²) in [5.74, 6) is 2.50. The Morgan fingerprint density at radius 1 is 1.03 bits per heavy atom. The minimum absolute atomic E-state index is 0.542. The molecule has 9 heteroatoms. The lowest BCUT2D eigenvalue weighted by atomic mass is 10.2. The molecule has 1 aromatic carbocycles.